The van der Waals surface area contributed by atoms with Gasteiger partial charge in [-0.3, -0.25) is 0 Å². The van der Waals surface area contributed by atoms with Gasteiger partial charge in [0.1, 0.15) is 11.9 Å². The summed E-state index contributed by atoms with van der Waals surface area (Å²) in [7, 11) is 0. The van der Waals surface area contributed by atoms with E-state index < -0.39 is 0 Å². The molecular weight excluding hydrogens is 304 g/mol. The summed E-state index contributed by atoms with van der Waals surface area (Å²) in [6.45, 7) is 5.07. The van der Waals surface area contributed by atoms with E-state index in [4.69, 9.17) is 9.47 Å². The second-order valence-corrected chi connectivity index (χ2v) is 6.78. The molecule has 0 amide bonds. The van der Waals surface area contributed by atoms with Crippen LogP contribution >= 0.6 is 15.9 Å². The quantitative estimate of drug-likeness (QED) is 0.794. The second-order valence-electron chi connectivity index (χ2n) is 5.99. The Balaban J connectivity index is 1.71. The molecule has 1 aliphatic heterocycles. The minimum Gasteiger partial charge on any atom is -0.490 e. The van der Waals surface area contributed by atoms with Gasteiger partial charge in [-0.15, -0.1) is 0 Å². The lowest BCUT2D eigenvalue weighted by Gasteiger charge is -2.46. The van der Waals surface area contributed by atoms with Crippen molar-refractivity contribution in [3.05, 3.63) is 27.7 Å². The molecule has 3 heteroatoms. The number of halogens is 1. The number of hydrogen-bond acceptors (Lipinski definition) is 2. The highest BCUT2D eigenvalue weighted by Crippen LogP contribution is 2.43. The lowest BCUT2D eigenvalue weighted by molar-refractivity contribution is -0.153. The molecule has 1 saturated carbocycles. The first-order chi connectivity index (χ1) is 9.08. The molecule has 2 aliphatic rings. The smallest absolute Gasteiger partial charge is 0.120 e. The molecule has 1 atom stereocenters. The second kappa shape index (κ2) is 5.10. The first-order valence-corrected chi connectivity index (χ1v) is 7.95. The fraction of sp³-hybridized carbons (Fsp3) is 0.625. The van der Waals surface area contributed by atoms with Crippen LogP contribution in [-0.2, 0) is 4.74 Å². The Labute approximate surface area is 123 Å². The van der Waals surface area contributed by atoms with Crippen molar-refractivity contribution in [1.82, 2.24) is 0 Å². The van der Waals surface area contributed by atoms with Crippen LogP contribution in [0.5, 0.6) is 5.75 Å². The first-order valence-electron chi connectivity index (χ1n) is 7.15. The van der Waals surface area contributed by atoms with Gasteiger partial charge < -0.3 is 9.47 Å². The zero-order valence-electron chi connectivity index (χ0n) is 11.7. The largest absolute Gasteiger partial charge is 0.490 e. The molecule has 1 saturated heterocycles. The van der Waals surface area contributed by atoms with E-state index in [2.05, 4.69) is 41.9 Å². The summed E-state index contributed by atoms with van der Waals surface area (Å²) in [4.78, 5) is 0. The van der Waals surface area contributed by atoms with Gasteiger partial charge in [0, 0.05) is 17.3 Å². The molecule has 2 nitrogen and oxygen atoms in total. The van der Waals surface area contributed by atoms with Crippen molar-refractivity contribution in [3.8, 4) is 5.75 Å². The SMILES string of the molecule is Cc1cc(OC2CCOC3(CCC3)C2)cc(C)c1Br. The van der Waals surface area contributed by atoms with Gasteiger partial charge in [0.25, 0.3) is 0 Å². The highest BCUT2D eigenvalue weighted by molar-refractivity contribution is 9.10. The summed E-state index contributed by atoms with van der Waals surface area (Å²) in [6, 6.07) is 4.25. The van der Waals surface area contributed by atoms with Gasteiger partial charge in [-0.05, 0) is 56.4 Å². The number of aryl methyl sites for hydroxylation is 2. The number of rotatable bonds is 2. The van der Waals surface area contributed by atoms with Crippen LogP contribution in [0.3, 0.4) is 0 Å². The van der Waals surface area contributed by atoms with Crippen LogP contribution in [0.4, 0.5) is 0 Å². The third-order valence-corrected chi connectivity index (χ3v) is 5.68. The summed E-state index contributed by atoms with van der Waals surface area (Å²) >= 11 is 3.60. The molecule has 0 radical (unpaired) electrons. The van der Waals surface area contributed by atoms with Crippen LogP contribution < -0.4 is 4.74 Å². The van der Waals surface area contributed by atoms with Gasteiger partial charge >= 0.3 is 0 Å². The van der Waals surface area contributed by atoms with E-state index in [-0.39, 0.29) is 5.60 Å². The molecule has 1 unspecified atom stereocenters. The Morgan fingerprint density at radius 1 is 1.26 bits per heavy atom. The zero-order valence-corrected chi connectivity index (χ0v) is 13.3. The minimum atomic E-state index is 0.155. The van der Waals surface area contributed by atoms with Gasteiger partial charge in [0.15, 0.2) is 0 Å². The molecule has 19 heavy (non-hydrogen) atoms. The molecule has 2 fully saturated rings. The number of benzene rings is 1. The molecule has 0 N–H and O–H groups in total. The standard InChI is InChI=1S/C16H21BrO2/c1-11-8-14(9-12(2)15(11)17)19-13-4-7-18-16(10-13)5-3-6-16/h8-9,13H,3-7,10H2,1-2H3. The molecule has 0 bridgehead atoms. The van der Waals surface area contributed by atoms with E-state index in [1.807, 2.05) is 0 Å². The molecular formula is C16H21BrO2. The molecule has 0 aromatic heterocycles. The molecule has 1 aromatic rings. The fourth-order valence-electron chi connectivity index (χ4n) is 3.17. The fourth-order valence-corrected chi connectivity index (χ4v) is 3.40. The minimum absolute atomic E-state index is 0.155. The lowest BCUT2D eigenvalue weighted by Crippen LogP contribution is -2.48. The Morgan fingerprint density at radius 3 is 2.53 bits per heavy atom. The van der Waals surface area contributed by atoms with Crippen LogP contribution in [0.2, 0.25) is 0 Å². The van der Waals surface area contributed by atoms with Crippen molar-refractivity contribution in [2.45, 2.75) is 57.7 Å². The molecule has 1 heterocycles. The van der Waals surface area contributed by atoms with Gasteiger partial charge in [0.2, 0.25) is 0 Å². The Bertz CT molecular complexity index is 457. The average molecular weight is 325 g/mol. The maximum atomic E-state index is 6.20. The van der Waals surface area contributed by atoms with Crippen LogP contribution in [0.1, 0.15) is 43.2 Å². The van der Waals surface area contributed by atoms with E-state index in [1.54, 1.807) is 0 Å². The van der Waals surface area contributed by atoms with Gasteiger partial charge in [-0.25, -0.2) is 0 Å². The van der Waals surface area contributed by atoms with Gasteiger partial charge in [0.05, 0.1) is 12.2 Å². The summed E-state index contributed by atoms with van der Waals surface area (Å²) in [5.74, 6) is 1.000. The number of ether oxygens (including phenoxy) is 2. The molecule has 3 rings (SSSR count). The van der Waals surface area contributed by atoms with Crippen LogP contribution in [0.15, 0.2) is 16.6 Å². The molecule has 1 aliphatic carbocycles. The zero-order chi connectivity index (χ0) is 13.5. The van der Waals surface area contributed by atoms with E-state index in [9.17, 15) is 0 Å². The lowest BCUT2D eigenvalue weighted by atomic mass is 9.74. The molecule has 104 valence electrons. The topological polar surface area (TPSA) is 18.5 Å². The third kappa shape index (κ3) is 2.68. The van der Waals surface area contributed by atoms with E-state index >= 15 is 0 Å². The van der Waals surface area contributed by atoms with Crippen molar-refractivity contribution in [3.63, 3.8) is 0 Å². The molecule has 1 spiro atoms. The maximum Gasteiger partial charge on any atom is 0.120 e. The van der Waals surface area contributed by atoms with Crippen LogP contribution in [-0.4, -0.2) is 18.3 Å². The van der Waals surface area contributed by atoms with Gasteiger partial charge in [-0.1, -0.05) is 15.9 Å². The summed E-state index contributed by atoms with van der Waals surface area (Å²) in [6.07, 6.45) is 6.12. The summed E-state index contributed by atoms with van der Waals surface area (Å²) in [5, 5.41) is 0. The predicted molar refractivity (Wildman–Crippen MR) is 79.8 cm³/mol. The first kappa shape index (κ1) is 13.4. The maximum absolute atomic E-state index is 6.20. The average Bonchev–Trinajstić information content (AvgIpc) is 2.34. The third-order valence-electron chi connectivity index (χ3n) is 4.43. The van der Waals surface area contributed by atoms with E-state index in [1.165, 1.54) is 34.9 Å². The van der Waals surface area contributed by atoms with Crippen molar-refractivity contribution in [1.29, 1.82) is 0 Å². The van der Waals surface area contributed by atoms with Crippen molar-refractivity contribution >= 4 is 15.9 Å². The van der Waals surface area contributed by atoms with Crippen molar-refractivity contribution in [2.24, 2.45) is 0 Å². The highest BCUT2D eigenvalue weighted by Gasteiger charge is 2.43. The Kier molecular flexibility index (Phi) is 3.61. The predicted octanol–water partition coefficient (Wildman–Crippen LogP) is 4.55. The van der Waals surface area contributed by atoms with Crippen molar-refractivity contribution < 1.29 is 9.47 Å². The normalized spacial score (nSPS) is 25.1. The molecule has 1 aromatic carbocycles. The Hall–Kier alpha value is -0.540. The van der Waals surface area contributed by atoms with E-state index in [0.717, 1.165) is 25.2 Å². The summed E-state index contributed by atoms with van der Waals surface area (Å²) in [5.41, 5.74) is 2.63. The van der Waals surface area contributed by atoms with Gasteiger partial charge in [-0.2, -0.15) is 0 Å². The monoisotopic (exact) mass is 324 g/mol. The number of hydrogen-bond donors (Lipinski definition) is 0. The van der Waals surface area contributed by atoms with Crippen LogP contribution in [0, 0.1) is 13.8 Å². The van der Waals surface area contributed by atoms with E-state index in [0.29, 0.717) is 6.10 Å². The van der Waals surface area contributed by atoms with Crippen LogP contribution in [0.25, 0.3) is 0 Å². The van der Waals surface area contributed by atoms with Crippen molar-refractivity contribution in [2.75, 3.05) is 6.61 Å². The highest BCUT2D eigenvalue weighted by atomic mass is 79.9. The summed E-state index contributed by atoms with van der Waals surface area (Å²) < 4.78 is 13.3. The Morgan fingerprint density at radius 2 is 1.95 bits per heavy atom.